The van der Waals surface area contributed by atoms with E-state index < -0.39 is 24.4 Å². The summed E-state index contributed by atoms with van der Waals surface area (Å²) in [7, 11) is 1.46. The number of benzene rings is 1. The van der Waals surface area contributed by atoms with Crippen LogP contribution >= 0.6 is 11.3 Å². The summed E-state index contributed by atoms with van der Waals surface area (Å²) in [6.45, 7) is 1.36. The molecule has 0 saturated heterocycles. The van der Waals surface area contributed by atoms with Gasteiger partial charge in [0, 0.05) is 4.88 Å². The van der Waals surface area contributed by atoms with Crippen LogP contribution in [-0.2, 0) is 22.4 Å². The van der Waals surface area contributed by atoms with Crippen molar-refractivity contribution in [2.45, 2.75) is 32.6 Å². The van der Waals surface area contributed by atoms with E-state index in [0.29, 0.717) is 16.3 Å². The molecule has 1 aromatic carbocycles. The predicted octanol–water partition coefficient (Wildman–Crippen LogP) is 2.84. The normalized spacial score (nSPS) is 12.8. The van der Waals surface area contributed by atoms with E-state index in [1.165, 1.54) is 18.4 Å². The Bertz CT molecular complexity index is 935. The lowest BCUT2D eigenvalue weighted by Crippen LogP contribution is -2.23. The van der Waals surface area contributed by atoms with Crippen LogP contribution in [0.5, 0.6) is 5.75 Å². The van der Waals surface area contributed by atoms with Gasteiger partial charge in [0.25, 0.3) is 11.8 Å². The number of nitrogens with two attached hydrogens (primary N) is 1. The van der Waals surface area contributed by atoms with Gasteiger partial charge in [0.2, 0.25) is 0 Å². The lowest BCUT2D eigenvalue weighted by molar-refractivity contribution is -0.119. The van der Waals surface area contributed by atoms with Crippen molar-refractivity contribution in [1.29, 1.82) is 0 Å². The first kappa shape index (κ1) is 19.9. The minimum absolute atomic E-state index is 0.250. The van der Waals surface area contributed by atoms with Crippen LogP contribution in [0.1, 0.15) is 49.6 Å². The molecule has 2 amide bonds. The average Bonchev–Trinajstić information content (AvgIpc) is 3.03. The van der Waals surface area contributed by atoms with Gasteiger partial charge in [-0.1, -0.05) is 11.6 Å². The molecule has 148 valence electrons. The molecule has 1 heterocycles. The van der Waals surface area contributed by atoms with Crippen molar-refractivity contribution in [3.05, 3.63) is 45.3 Å². The molecule has 1 aromatic heterocycles. The van der Waals surface area contributed by atoms with Gasteiger partial charge in [-0.3, -0.25) is 9.59 Å². The highest BCUT2D eigenvalue weighted by atomic mass is 32.1. The highest BCUT2D eigenvalue weighted by Gasteiger charge is 2.25. The second-order valence-corrected chi connectivity index (χ2v) is 7.71. The van der Waals surface area contributed by atoms with E-state index in [-0.39, 0.29) is 5.56 Å². The predicted molar refractivity (Wildman–Crippen MR) is 106 cm³/mol. The van der Waals surface area contributed by atoms with Gasteiger partial charge in [0.05, 0.1) is 12.7 Å². The van der Waals surface area contributed by atoms with E-state index in [1.54, 1.807) is 12.1 Å². The fourth-order valence-corrected chi connectivity index (χ4v) is 4.58. The molecule has 3 N–H and O–H groups in total. The molecule has 0 bridgehead atoms. The summed E-state index contributed by atoms with van der Waals surface area (Å²) < 4.78 is 10.3. The number of fused-ring (bicyclic) bond motifs is 1. The zero-order valence-electron chi connectivity index (χ0n) is 15.8. The van der Waals surface area contributed by atoms with Gasteiger partial charge in [-0.15, -0.1) is 11.3 Å². The summed E-state index contributed by atoms with van der Waals surface area (Å²) in [6, 6.07) is 5.12. The van der Waals surface area contributed by atoms with Gasteiger partial charge < -0.3 is 20.5 Å². The minimum Gasteiger partial charge on any atom is -0.496 e. The Kier molecular flexibility index (Phi) is 5.99. The number of carbonyl (C=O) groups is 3. The van der Waals surface area contributed by atoms with Crippen LogP contribution in [0.4, 0.5) is 5.00 Å². The number of carbonyl (C=O) groups excluding carboxylic acids is 3. The molecule has 0 radical (unpaired) electrons. The van der Waals surface area contributed by atoms with Gasteiger partial charge in [-0.25, -0.2) is 4.79 Å². The largest absolute Gasteiger partial charge is 0.496 e. The lowest BCUT2D eigenvalue weighted by atomic mass is 9.95. The first-order chi connectivity index (χ1) is 13.4. The van der Waals surface area contributed by atoms with Crippen molar-refractivity contribution >= 4 is 34.1 Å². The van der Waals surface area contributed by atoms with E-state index in [1.807, 2.05) is 13.0 Å². The van der Waals surface area contributed by atoms with Crippen molar-refractivity contribution in [2.24, 2.45) is 5.73 Å². The summed E-state index contributed by atoms with van der Waals surface area (Å²) in [5.41, 5.74) is 7.94. The number of rotatable bonds is 6. The Labute approximate surface area is 166 Å². The lowest BCUT2D eigenvalue weighted by Gasteiger charge is -2.11. The molecule has 0 atom stereocenters. The van der Waals surface area contributed by atoms with E-state index in [9.17, 15) is 14.4 Å². The fourth-order valence-electron chi connectivity index (χ4n) is 3.27. The van der Waals surface area contributed by atoms with Gasteiger partial charge >= 0.3 is 5.97 Å². The summed E-state index contributed by atoms with van der Waals surface area (Å²) >= 11 is 1.36. The number of nitrogens with one attached hydrogen (secondary N) is 1. The highest BCUT2D eigenvalue weighted by Crippen LogP contribution is 2.37. The molecular formula is C20H22N2O5S. The number of thiophene rings is 1. The number of ether oxygens (including phenoxy) is 2. The van der Waals surface area contributed by atoms with Crippen molar-refractivity contribution in [1.82, 2.24) is 0 Å². The zero-order chi connectivity index (χ0) is 20.3. The summed E-state index contributed by atoms with van der Waals surface area (Å²) in [6.07, 6.45) is 3.70. The summed E-state index contributed by atoms with van der Waals surface area (Å²) in [5.74, 6) is -1.37. The molecule has 3 rings (SSSR count). The molecule has 1 aliphatic rings. The van der Waals surface area contributed by atoms with Crippen LogP contribution in [0.15, 0.2) is 18.2 Å². The minimum atomic E-state index is -0.656. The Morgan fingerprint density at radius 1 is 1.21 bits per heavy atom. The molecule has 0 spiro atoms. The molecule has 0 saturated carbocycles. The molecule has 0 aliphatic heterocycles. The topological polar surface area (TPSA) is 108 Å². The maximum atomic E-state index is 12.3. The quantitative estimate of drug-likeness (QED) is 0.723. The Balaban J connectivity index is 1.68. The van der Waals surface area contributed by atoms with Crippen molar-refractivity contribution in [3.63, 3.8) is 0 Å². The van der Waals surface area contributed by atoms with E-state index in [4.69, 9.17) is 15.2 Å². The zero-order valence-corrected chi connectivity index (χ0v) is 16.6. The first-order valence-electron chi connectivity index (χ1n) is 8.96. The SMILES string of the molecule is COc1ccc(C)cc1C(=O)OCC(=O)Nc1sc2c(c1C(N)=O)CCCC2. The van der Waals surface area contributed by atoms with Gasteiger partial charge in [-0.05, 0) is 50.3 Å². The molecule has 8 heteroatoms. The number of aryl methyl sites for hydroxylation is 2. The van der Waals surface area contributed by atoms with Crippen LogP contribution in [0, 0.1) is 6.92 Å². The van der Waals surface area contributed by atoms with E-state index in [2.05, 4.69) is 5.32 Å². The van der Waals surface area contributed by atoms with Crippen LogP contribution in [-0.4, -0.2) is 31.5 Å². The van der Waals surface area contributed by atoms with Crippen molar-refractivity contribution in [3.8, 4) is 5.75 Å². The molecule has 1 aliphatic carbocycles. The monoisotopic (exact) mass is 402 g/mol. The van der Waals surface area contributed by atoms with Crippen molar-refractivity contribution < 1.29 is 23.9 Å². The molecule has 0 unspecified atom stereocenters. The third-order valence-corrected chi connectivity index (χ3v) is 5.79. The van der Waals surface area contributed by atoms with Crippen LogP contribution in [0.3, 0.4) is 0 Å². The molecular weight excluding hydrogens is 380 g/mol. The average molecular weight is 402 g/mol. The molecule has 28 heavy (non-hydrogen) atoms. The van der Waals surface area contributed by atoms with Crippen molar-refractivity contribution in [2.75, 3.05) is 19.0 Å². The Hall–Kier alpha value is -2.87. The summed E-state index contributed by atoms with van der Waals surface area (Å²) in [5, 5.41) is 3.09. The number of hydrogen-bond acceptors (Lipinski definition) is 6. The van der Waals surface area contributed by atoms with E-state index in [0.717, 1.165) is 41.7 Å². The Morgan fingerprint density at radius 2 is 1.96 bits per heavy atom. The third-order valence-electron chi connectivity index (χ3n) is 4.58. The second-order valence-electron chi connectivity index (χ2n) is 6.61. The maximum absolute atomic E-state index is 12.3. The smallest absolute Gasteiger partial charge is 0.342 e. The molecule has 2 aromatic rings. The third kappa shape index (κ3) is 4.17. The number of primary amides is 1. The Morgan fingerprint density at radius 3 is 2.68 bits per heavy atom. The number of esters is 1. The fraction of sp³-hybridized carbons (Fsp3) is 0.350. The van der Waals surface area contributed by atoms with E-state index >= 15 is 0 Å². The number of methoxy groups -OCH3 is 1. The highest BCUT2D eigenvalue weighted by molar-refractivity contribution is 7.17. The van der Waals surface area contributed by atoms with Gasteiger partial charge in [0.1, 0.15) is 16.3 Å². The molecule has 7 nitrogen and oxygen atoms in total. The van der Waals surface area contributed by atoms with Gasteiger partial charge in [-0.2, -0.15) is 0 Å². The van der Waals surface area contributed by atoms with Crippen LogP contribution < -0.4 is 15.8 Å². The number of amides is 2. The van der Waals surface area contributed by atoms with Gasteiger partial charge in [0.15, 0.2) is 6.61 Å². The number of hydrogen-bond donors (Lipinski definition) is 2. The molecule has 0 fully saturated rings. The number of anilines is 1. The second kappa shape index (κ2) is 8.43. The first-order valence-corrected chi connectivity index (χ1v) is 9.78. The van der Waals surface area contributed by atoms with Crippen LogP contribution in [0.2, 0.25) is 0 Å². The van der Waals surface area contributed by atoms with Crippen LogP contribution in [0.25, 0.3) is 0 Å². The maximum Gasteiger partial charge on any atom is 0.342 e. The standard InChI is InChI=1S/C20H22N2O5S/c1-11-7-8-14(26-2)13(9-11)20(25)27-10-16(23)22-19-17(18(21)24)12-5-3-4-6-15(12)28-19/h7-9H,3-6,10H2,1-2H3,(H2,21,24)(H,22,23). The summed E-state index contributed by atoms with van der Waals surface area (Å²) in [4.78, 5) is 37.6.